The molecule has 0 aliphatic heterocycles. The smallest absolute Gasteiger partial charge is 0.241 e. The van der Waals surface area contributed by atoms with Crippen LogP contribution < -0.4 is 14.2 Å². The number of ether oxygens (including phenoxy) is 2. The lowest BCUT2D eigenvalue weighted by molar-refractivity contribution is 0.354. The van der Waals surface area contributed by atoms with Gasteiger partial charge >= 0.3 is 0 Å². The molecule has 0 fully saturated rings. The fourth-order valence-electron chi connectivity index (χ4n) is 2.04. The molecule has 22 heavy (non-hydrogen) atoms. The molecular weight excluding hydrogens is 306 g/mol. The summed E-state index contributed by atoms with van der Waals surface area (Å²) in [6, 6.07) is 5.95. The van der Waals surface area contributed by atoms with Crippen LogP contribution in [-0.2, 0) is 16.6 Å². The van der Waals surface area contributed by atoms with Crippen molar-refractivity contribution in [3.63, 3.8) is 0 Å². The molecule has 0 aliphatic carbocycles. The first kappa shape index (κ1) is 16.3. The summed E-state index contributed by atoms with van der Waals surface area (Å²) in [6.07, 6.45) is 3.43. The van der Waals surface area contributed by atoms with Gasteiger partial charge in [-0.3, -0.25) is 4.68 Å². The second-order valence-electron chi connectivity index (χ2n) is 4.77. The maximum atomic E-state index is 12.4. The maximum Gasteiger partial charge on any atom is 0.241 e. The van der Waals surface area contributed by atoms with Crippen LogP contribution in [0.15, 0.2) is 41.6 Å². The molecule has 1 aromatic heterocycles. The number of benzene rings is 1. The molecule has 2 rings (SSSR count). The third-order valence-corrected chi connectivity index (χ3v) is 4.63. The predicted octanol–water partition coefficient (Wildman–Crippen LogP) is 1.27. The summed E-state index contributed by atoms with van der Waals surface area (Å²) in [5.74, 6) is 0.844. The molecule has 0 unspecified atom stereocenters. The monoisotopic (exact) mass is 325 g/mol. The van der Waals surface area contributed by atoms with Crippen molar-refractivity contribution in [1.82, 2.24) is 14.5 Å². The maximum absolute atomic E-state index is 12.4. The molecule has 1 atom stereocenters. The van der Waals surface area contributed by atoms with E-state index in [1.807, 2.05) is 0 Å². The summed E-state index contributed by atoms with van der Waals surface area (Å²) >= 11 is 0. The molecule has 1 aromatic carbocycles. The van der Waals surface area contributed by atoms with Crippen LogP contribution in [0, 0.1) is 0 Å². The minimum Gasteiger partial charge on any atom is -0.493 e. The molecule has 0 saturated carbocycles. The topological polar surface area (TPSA) is 82.5 Å². The van der Waals surface area contributed by atoms with Crippen LogP contribution in [0.3, 0.4) is 0 Å². The molecule has 0 bridgehead atoms. The Bertz CT molecular complexity index is 714. The first-order valence-corrected chi connectivity index (χ1v) is 8.16. The van der Waals surface area contributed by atoms with E-state index in [2.05, 4.69) is 9.82 Å². The van der Waals surface area contributed by atoms with Gasteiger partial charge in [-0.05, 0) is 25.1 Å². The number of hydrogen-bond acceptors (Lipinski definition) is 5. The Balaban J connectivity index is 2.15. The van der Waals surface area contributed by atoms with Gasteiger partial charge in [-0.2, -0.15) is 5.10 Å². The van der Waals surface area contributed by atoms with Crippen molar-refractivity contribution >= 4 is 10.0 Å². The Morgan fingerprint density at radius 1 is 1.27 bits per heavy atom. The van der Waals surface area contributed by atoms with Crippen LogP contribution in [0.5, 0.6) is 11.5 Å². The molecule has 0 aliphatic rings. The van der Waals surface area contributed by atoms with Crippen LogP contribution in [0.25, 0.3) is 0 Å². The van der Waals surface area contributed by atoms with Gasteiger partial charge < -0.3 is 9.47 Å². The van der Waals surface area contributed by atoms with E-state index < -0.39 is 10.0 Å². The van der Waals surface area contributed by atoms with Gasteiger partial charge in [0.05, 0.1) is 25.7 Å². The number of nitrogens with one attached hydrogen (secondary N) is 1. The zero-order valence-corrected chi connectivity index (χ0v) is 13.5. The lowest BCUT2D eigenvalue weighted by Crippen LogP contribution is -2.35. The van der Waals surface area contributed by atoms with Crippen molar-refractivity contribution in [1.29, 1.82) is 0 Å². The number of hydrogen-bond donors (Lipinski definition) is 1. The number of aromatic nitrogens is 2. The zero-order chi connectivity index (χ0) is 16.2. The van der Waals surface area contributed by atoms with E-state index in [0.29, 0.717) is 18.0 Å². The first-order valence-electron chi connectivity index (χ1n) is 6.68. The molecule has 120 valence electrons. The lowest BCUT2D eigenvalue weighted by atomic mass is 10.3. The Kier molecular flexibility index (Phi) is 5.04. The Hall–Kier alpha value is -2.06. The molecule has 0 spiro atoms. The minimum absolute atomic E-state index is 0.123. The molecule has 0 radical (unpaired) electrons. The van der Waals surface area contributed by atoms with Crippen LogP contribution in [0.1, 0.15) is 6.92 Å². The Labute approximate surface area is 129 Å². The average Bonchev–Trinajstić information content (AvgIpc) is 2.98. The number of methoxy groups -OCH3 is 2. The molecule has 2 aromatic rings. The fraction of sp³-hybridized carbons (Fsp3) is 0.357. The van der Waals surface area contributed by atoms with E-state index in [9.17, 15) is 8.42 Å². The zero-order valence-electron chi connectivity index (χ0n) is 12.7. The van der Waals surface area contributed by atoms with E-state index in [4.69, 9.17) is 9.47 Å². The van der Waals surface area contributed by atoms with Gasteiger partial charge in [0, 0.05) is 24.5 Å². The molecule has 0 saturated heterocycles. The minimum atomic E-state index is -3.65. The van der Waals surface area contributed by atoms with Crippen LogP contribution in [-0.4, -0.2) is 38.5 Å². The van der Waals surface area contributed by atoms with Gasteiger partial charge in [0.1, 0.15) is 0 Å². The van der Waals surface area contributed by atoms with Crippen molar-refractivity contribution in [2.45, 2.75) is 24.4 Å². The highest BCUT2D eigenvalue weighted by molar-refractivity contribution is 7.89. The van der Waals surface area contributed by atoms with Gasteiger partial charge in [0.2, 0.25) is 10.0 Å². The third-order valence-electron chi connectivity index (χ3n) is 3.04. The molecular formula is C14H19N3O4S. The fourth-order valence-corrected chi connectivity index (χ4v) is 3.29. The van der Waals surface area contributed by atoms with E-state index >= 15 is 0 Å². The van der Waals surface area contributed by atoms with Crippen molar-refractivity contribution in [2.24, 2.45) is 0 Å². The molecule has 1 heterocycles. The Morgan fingerprint density at radius 3 is 2.59 bits per heavy atom. The van der Waals surface area contributed by atoms with Crippen molar-refractivity contribution < 1.29 is 17.9 Å². The van der Waals surface area contributed by atoms with E-state index in [-0.39, 0.29) is 10.9 Å². The van der Waals surface area contributed by atoms with Crippen molar-refractivity contribution in [3.05, 3.63) is 36.7 Å². The Morgan fingerprint density at radius 2 is 2.00 bits per heavy atom. The van der Waals surface area contributed by atoms with E-state index in [1.54, 1.807) is 36.1 Å². The highest BCUT2D eigenvalue weighted by atomic mass is 32.2. The molecule has 8 heteroatoms. The lowest BCUT2D eigenvalue weighted by Gasteiger charge is -2.15. The summed E-state index contributed by atoms with van der Waals surface area (Å²) < 4.78 is 39.3. The largest absolute Gasteiger partial charge is 0.493 e. The van der Waals surface area contributed by atoms with E-state index in [1.165, 1.54) is 26.4 Å². The van der Waals surface area contributed by atoms with Crippen LogP contribution in [0.2, 0.25) is 0 Å². The summed E-state index contributed by atoms with van der Waals surface area (Å²) in [5, 5.41) is 4.05. The second kappa shape index (κ2) is 6.80. The highest BCUT2D eigenvalue weighted by Gasteiger charge is 2.19. The third kappa shape index (κ3) is 3.77. The van der Waals surface area contributed by atoms with Gasteiger partial charge in [-0.1, -0.05) is 0 Å². The SMILES string of the molecule is COc1ccc(S(=O)(=O)N[C@@H](C)Cn2cccn2)cc1OC. The number of sulfonamides is 1. The van der Waals surface area contributed by atoms with Gasteiger partial charge in [-0.15, -0.1) is 0 Å². The van der Waals surface area contributed by atoms with Gasteiger partial charge in [-0.25, -0.2) is 13.1 Å². The van der Waals surface area contributed by atoms with Gasteiger partial charge in [0.25, 0.3) is 0 Å². The van der Waals surface area contributed by atoms with E-state index in [0.717, 1.165) is 0 Å². The summed E-state index contributed by atoms with van der Waals surface area (Å²) in [4.78, 5) is 0.123. The molecule has 0 amide bonds. The highest BCUT2D eigenvalue weighted by Crippen LogP contribution is 2.29. The van der Waals surface area contributed by atoms with Crippen molar-refractivity contribution in [3.8, 4) is 11.5 Å². The quantitative estimate of drug-likeness (QED) is 0.829. The number of nitrogens with zero attached hydrogens (tertiary/aromatic N) is 2. The van der Waals surface area contributed by atoms with Crippen LogP contribution >= 0.6 is 0 Å². The van der Waals surface area contributed by atoms with Gasteiger partial charge in [0.15, 0.2) is 11.5 Å². The summed E-state index contributed by atoms with van der Waals surface area (Å²) in [5.41, 5.74) is 0. The predicted molar refractivity (Wildman–Crippen MR) is 81.6 cm³/mol. The molecule has 1 N–H and O–H groups in total. The van der Waals surface area contributed by atoms with Crippen molar-refractivity contribution in [2.75, 3.05) is 14.2 Å². The summed E-state index contributed by atoms with van der Waals surface area (Å²) in [6.45, 7) is 2.22. The average molecular weight is 325 g/mol. The normalized spacial score (nSPS) is 12.9. The standard InChI is InChI=1S/C14H19N3O4S/c1-11(10-17-8-4-7-15-17)16-22(18,19)12-5-6-13(20-2)14(9-12)21-3/h4-9,11,16H,10H2,1-3H3/t11-/m0/s1. The number of rotatable bonds is 7. The second-order valence-corrected chi connectivity index (χ2v) is 6.48. The molecule has 7 nitrogen and oxygen atoms in total. The van der Waals surface area contributed by atoms with Crippen LogP contribution in [0.4, 0.5) is 0 Å². The summed E-state index contributed by atoms with van der Waals surface area (Å²) in [7, 11) is -0.690. The first-order chi connectivity index (χ1) is 10.5.